The van der Waals surface area contributed by atoms with Crippen molar-refractivity contribution in [1.82, 2.24) is 20.9 Å². The van der Waals surface area contributed by atoms with Crippen molar-refractivity contribution >= 4 is 17.7 Å². The molecule has 2 aliphatic heterocycles. The highest BCUT2D eigenvalue weighted by Gasteiger charge is 2.45. The number of ether oxygens (including phenoxy) is 1. The number of fused-ring (bicyclic) bond motifs is 1. The van der Waals surface area contributed by atoms with E-state index in [9.17, 15) is 19.5 Å². The molecule has 2 heterocycles. The first-order valence-electron chi connectivity index (χ1n) is 15.2. The lowest BCUT2D eigenvalue weighted by Gasteiger charge is -2.38. The number of rotatable bonds is 4. The van der Waals surface area contributed by atoms with Crippen molar-refractivity contribution in [2.45, 2.75) is 88.6 Å². The molecule has 0 saturated heterocycles. The smallest absolute Gasteiger partial charge is 0.246 e. The van der Waals surface area contributed by atoms with Gasteiger partial charge in [0.15, 0.2) is 0 Å². The zero-order chi connectivity index (χ0) is 29.9. The van der Waals surface area contributed by atoms with E-state index in [-0.39, 0.29) is 30.3 Å². The Bertz CT molecular complexity index is 1270. The zero-order valence-corrected chi connectivity index (χ0v) is 24.9. The normalized spacial score (nSPS) is 26.4. The summed E-state index contributed by atoms with van der Waals surface area (Å²) >= 11 is 0. The van der Waals surface area contributed by atoms with E-state index in [1.165, 1.54) is 24.3 Å². The molecule has 9 nitrogen and oxygen atoms in total. The quantitative estimate of drug-likeness (QED) is 0.443. The molecular weight excluding hydrogens is 532 g/mol. The number of hydrogen-bond donors (Lipinski definition) is 4. The van der Waals surface area contributed by atoms with E-state index in [2.05, 4.69) is 34.1 Å². The Kier molecular flexibility index (Phi) is 9.18. The van der Waals surface area contributed by atoms with Crippen molar-refractivity contribution in [3.05, 3.63) is 65.2 Å². The molecule has 4 N–H and O–H groups in total. The molecular formula is C33H44N4O5. The number of aryl methyl sites for hydroxylation is 2. The van der Waals surface area contributed by atoms with Crippen LogP contribution in [0.1, 0.15) is 56.2 Å². The lowest BCUT2D eigenvalue weighted by atomic mass is 9.94. The van der Waals surface area contributed by atoms with E-state index in [4.69, 9.17) is 4.74 Å². The first kappa shape index (κ1) is 30.0. The van der Waals surface area contributed by atoms with Crippen LogP contribution in [0.4, 0.5) is 0 Å². The van der Waals surface area contributed by atoms with Crippen LogP contribution in [0.5, 0.6) is 5.75 Å². The maximum absolute atomic E-state index is 13.9. The fraction of sp³-hybridized carbons (Fsp3) is 0.545. The molecule has 2 bridgehead atoms. The third kappa shape index (κ3) is 7.13. The van der Waals surface area contributed by atoms with Gasteiger partial charge in [-0.1, -0.05) is 48.5 Å². The van der Waals surface area contributed by atoms with Crippen LogP contribution in [0.3, 0.4) is 0 Å². The summed E-state index contributed by atoms with van der Waals surface area (Å²) in [5.74, 6) is -0.0328. The predicted molar refractivity (Wildman–Crippen MR) is 160 cm³/mol. The average molecular weight is 577 g/mol. The molecule has 5 rings (SSSR count). The van der Waals surface area contributed by atoms with Crippen LogP contribution in [0, 0.1) is 5.92 Å². The monoisotopic (exact) mass is 576 g/mol. The fourth-order valence-electron chi connectivity index (χ4n) is 6.25. The maximum atomic E-state index is 13.9. The molecule has 1 aliphatic carbocycles. The van der Waals surface area contributed by atoms with Crippen LogP contribution in [-0.2, 0) is 33.6 Å². The van der Waals surface area contributed by atoms with Crippen LogP contribution < -0.4 is 20.7 Å². The summed E-state index contributed by atoms with van der Waals surface area (Å²) in [6, 6.07) is 13.2. The molecule has 42 heavy (non-hydrogen) atoms. The summed E-state index contributed by atoms with van der Waals surface area (Å²) < 4.78 is 6.49. The highest BCUT2D eigenvalue weighted by Crippen LogP contribution is 2.35. The second kappa shape index (κ2) is 12.8. The van der Waals surface area contributed by atoms with Gasteiger partial charge in [-0.25, -0.2) is 0 Å². The van der Waals surface area contributed by atoms with Gasteiger partial charge in [-0.2, -0.15) is 0 Å². The largest absolute Gasteiger partial charge is 0.489 e. The van der Waals surface area contributed by atoms with Crippen LogP contribution in [0.15, 0.2) is 48.5 Å². The van der Waals surface area contributed by atoms with E-state index in [1.54, 1.807) is 7.05 Å². The van der Waals surface area contributed by atoms with E-state index in [0.29, 0.717) is 19.5 Å². The molecule has 0 radical (unpaired) electrons. The van der Waals surface area contributed by atoms with Gasteiger partial charge in [0.1, 0.15) is 23.9 Å². The van der Waals surface area contributed by atoms with Crippen LogP contribution in [-0.4, -0.2) is 77.7 Å². The van der Waals surface area contributed by atoms with Crippen molar-refractivity contribution in [2.24, 2.45) is 5.92 Å². The molecule has 2 aromatic carbocycles. The molecule has 0 spiro atoms. The highest BCUT2D eigenvalue weighted by molar-refractivity contribution is 5.94. The molecule has 9 heteroatoms. The number of para-hydroxylation sites is 1. The SMILES string of the molecule is CN1C(=O)[C@H](C2CC2)NCC2CCc3cccc(c3O2)CCCNC(=O)C(Cc2ccccc2)NC(=O)[C@@H]1C(C)(C)O. The summed E-state index contributed by atoms with van der Waals surface area (Å²) in [6.07, 6.45) is 5.26. The fourth-order valence-corrected chi connectivity index (χ4v) is 6.25. The number of hydrogen-bond acceptors (Lipinski definition) is 6. The summed E-state index contributed by atoms with van der Waals surface area (Å²) in [4.78, 5) is 42.5. The number of carbonyl (C=O) groups is 3. The van der Waals surface area contributed by atoms with Gasteiger partial charge in [-0.15, -0.1) is 0 Å². The first-order valence-corrected chi connectivity index (χ1v) is 15.2. The summed E-state index contributed by atoms with van der Waals surface area (Å²) in [7, 11) is 1.56. The molecule has 0 aromatic heterocycles. The Hall–Kier alpha value is -3.43. The lowest BCUT2D eigenvalue weighted by molar-refractivity contribution is -0.150. The Balaban J connectivity index is 1.45. The van der Waals surface area contributed by atoms with Crippen molar-refractivity contribution in [1.29, 1.82) is 0 Å². The number of amides is 3. The van der Waals surface area contributed by atoms with Gasteiger partial charge >= 0.3 is 0 Å². The summed E-state index contributed by atoms with van der Waals surface area (Å²) in [5.41, 5.74) is 1.65. The Morgan fingerprint density at radius 3 is 2.36 bits per heavy atom. The van der Waals surface area contributed by atoms with E-state index >= 15 is 0 Å². The van der Waals surface area contributed by atoms with Gasteiger partial charge in [0.2, 0.25) is 17.7 Å². The van der Waals surface area contributed by atoms with Crippen molar-refractivity contribution in [3.63, 3.8) is 0 Å². The summed E-state index contributed by atoms with van der Waals surface area (Å²) in [5, 5.41) is 20.5. The number of nitrogens with zero attached hydrogens (tertiary/aromatic N) is 1. The Morgan fingerprint density at radius 1 is 0.952 bits per heavy atom. The van der Waals surface area contributed by atoms with Gasteiger partial charge in [-0.3, -0.25) is 14.4 Å². The summed E-state index contributed by atoms with van der Waals surface area (Å²) in [6.45, 7) is 3.99. The molecule has 2 unspecified atom stereocenters. The third-order valence-electron chi connectivity index (χ3n) is 8.61. The van der Waals surface area contributed by atoms with Crippen LogP contribution in [0.25, 0.3) is 0 Å². The molecule has 2 aromatic rings. The topological polar surface area (TPSA) is 120 Å². The average Bonchev–Trinajstić information content (AvgIpc) is 3.80. The van der Waals surface area contributed by atoms with Crippen molar-refractivity contribution in [2.75, 3.05) is 20.1 Å². The minimum atomic E-state index is -1.55. The highest BCUT2D eigenvalue weighted by atomic mass is 16.5. The van der Waals surface area contributed by atoms with Gasteiger partial charge in [0, 0.05) is 26.6 Å². The second-order valence-corrected chi connectivity index (χ2v) is 12.6. The Labute approximate surface area is 248 Å². The van der Waals surface area contributed by atoms with E-state index in [0.717, 1.165) is 49.0 Å². The standard InChI is InChI=1S/C33H44N4O5/c1-33(2,41)29-31(39)36-26(19-21-9-5-4-6-10-21)30(38)34-18-8-13-23-11-7-12-24-16-17-25(42-28(23)24)20-35-27(22-14-15-22)32(40)37(29)3/h4-7,9-12,22,25-27,29,35,41H,8,13-20H2,1-3H3,(H,34,38)(H,36,39)/t25?,26?,27-,29+/m0/s1. The molecule has 4 atom stereocenters. The number of nitrogens with one attached hydrogen (secondary N) is 3. The number of carbonyl (C=O) groups excluding carboxylic acids is 3. The lowest BCUT2D eigenvalue weighted by Crippen LogP contribution is -2.63. The van der Waals surface area contributed by atoms with Gasteiger partial charge in [0.05, 0.1) is 11.6 Å². The van der Waals surface area contributed by atoms with Crippen molar-refractivity contribution < 1.29 is 24.2 Å². The molecule has 1 fully saturated rings. The minimum Gasteiger partial charge on any atom is -0.489 e. The van der Waals surface area contributed by atoms with E-state index in [1.807, 2.05) is 30.3 Å². The van der Waals surface area contributed by atoms with E-state index < -0.39 is 29.6 Å². The molecule has 3 amide bonds. The zero-order valence-electron chi connectivity index (χ0n) is 24.9. The van der Waals surface area contributed by atoms with Crippen LogP contribution in [0.2, 0.25) is 0 Å². The number of benzene rings is 2. The predicted octanol–water partition coefficient (Wildman–Crippen LogP) is 2.14. The molecule has 3 aliphatic rings. The maximum Gasteiger partial charge on any atom is 0.246 e. The minimum absolute atomic E-state index is 0.0799. The van der Waals surface area contributed by atoms with Crippen LogP contribution >= 0.6 is 0 Å². The second-order valence-electron chi connectivity index (χ2n) is 12.6. The van der Waals surface area contributed by atoms with Crippen molar-refractivity contribution in [3.8, 4) is 5.75 Å². The molecule has 1 saturated carbocycles. The third-order valence-corrected chi connectivity index (χ3v) is 8.61. The first-order chi connectivity index (χ1) is 20.1. The number of aliphatic hydroxyl groups is 1. The van der Waals surface area contributed by atoms with Gasteiger partial charge in [0.25, 0.3) is 0 Å². The Morgan fingerprint density at radius 2 is 1.67 bits per heavy atom. The van der Waals surface area contributed by atoms with Gasteiger partial charge < -0.3 is 30.7 Å². The molecule has 226 valence electrons. The van der Waals surface area contributed by atoms with Gasteiger partial charge in [-0.05, 0) is 75.0 Å². The number of likely N-dealkylation sites (N-methyl/N-ethyl adjacent to an activating group) is 1.